The number of fused-ring (bicyclic) bond motifs is 1. The van der Waals surface area contributed by atoms with E-state index in [2.05, 4.69) is 5.32 Å². The molecule has 0 saturated heterocycles. The first kappa shape index (κ1) is 18.0. The van der Waals surface area contributed by atoms with E-state index in [1.807, 2.05) is 62.4 Å². The Morgan fingerprint density at radius 3 is 2.58 bits per heavy atom. The molecule has 5 heteroatoms. The summed E-state index contributed by atoms with van der Waals surface area (Å²) in [6.45, 7) is 7.27. The summed E-state index contributed by atoms with van der Waals surface area (Å²) >= 11 is 0. The van der Waals surface area contributed by atoms with E-state index in [1.54, 1.807) is 13.8 Å². The van der Waals surface area contributed by atoms with Crippen LogP contribution in [0.4, 0.5) is 5.69 Å². The summed E-state index contributed by atoms with van der Waals surface area (Å²) in [5, 5.41) is 2.96. The Kier molecular flexibility index (Phi) is 4.72. The van der Waals surface area contributed by atoms with Crippen molar-refractivity contribution in [3.63, 3.8) is 0 Å². The predicted molar refractivity (Wildman–Crippen MR) is 101 cm³/mol. The molecule has 136 valence electrons. The molecule has 2 aromatic carbocycles. The number of carbonyl (C=O) groups excluding carboxylic acids is 2. The van der Waals surface area contributed by atoms with E-state index in [9.17, 15) is 9.59 Å². The molecule has 0 saturated carbocycles. The molecule has 1 aliphatic heterocycles. The maximum absolute atomic E-state index is 12.8. The fourth-order valence-electron chi connectivity index (χ4n) is 3.09. The molecule has 0 aliphatic carbocycles. The van der Waals surface area contributed by atoms with E-state index in [4.69, 9.17) is 4.74 Å². The zero-order valence-corrected chi connectivity index (χ0v) is 15.6. The lowest BCUT2D eigenvalue weighted by Crippen LogP contribution is -2.55. The van der Waals surface area contributed by atoms with Crippen LogP contribution in [0, 0.1) is 6.92 Å². The number of rotatable bonds is 4. The Hall–Kier alpha value is -2.82. The van der Waals surface area contributed by atoms with Gasteiger partial charge in [0.25, 0.3) is 5.91 Å². The number of anilines is 1. The van der Waals surface area contributed by atoms with Crippen molar-refractivity contribution in [2.75, 3.05) is 11.4 Å². The maximum Gasteiger partial charge on any atom is 0.271 e. The van der Waals surface area contributed by atoms with Crippen molar-refractivity contribution in [3.05, 3.63) is 59.7 Å². The van der Waals surface area contributed by atoms with Gasteiger partial charge in [-0.3, -0.25) is 14.5 Å². The van der Waals surface area contributed by atoms with Crippen LogP contribution in [0.3, 0.4) is 0 Å². The zero-order valence-electron chi connectivity index (χ0n) is 15.6. The van der Waals surface area contributed by atoms with Gasteiger partial charge in [-0.25, -0.2) is 0 Å². The fourth-order valence-corrected chi connectivity index (χ4v) is 3.09. The molecule has 1 aliphatic rings. The summed E-state index contributed by atoms with van der Waals surface area (Å²) in [6.07, 6.45) is 0. The van der Waals surface area contributed by atoms with Gasteiger partial charge < -0.3 is 10.1 Å². The lowest BCUT2D eigenvalue weighted by Gasteiger charge is -2.38. The number of ether oxygens (including phenoxy) is 1. The molecule has 0 spiro atoms. The SMILES string of the molecule is Cc1ccc2c(c1)N(CC(=O)NC(C)c1ccccc1)C(=O)C(C)(C)O2. The molecule has 2 aromatic rings. The summed E-state index contributed by atoms with van der Waals surface area (Å²) in [7, 11) is 0. The van der Waals surface area contributed by atoms with Crippen molar-refractivity contribution in [3.8, 4) is 5.75 Å². The molecule has 5 nitrogen and oxygen atoms in total. The van der Waals surface area contributed by atoms with Crippen LogP contribution in [-0.4, -0.2) is 24.0 Å². The number of carbonyl (C=O) groups is 2. The Balaban J connectivity index is 1.80. The topological polar surface area (TPSA) is 58.6 Å². The predicted octanol–water partition coefficient (Wildman–Crippen LogP) is 3.38. The van der Waals surface area contributed by atoms with E-state index in [0.717, 1.165) is 11.1 Å². The molecule has 2 amide bonds. The molecule has 3 rings (SSSR count). The van der Waals surface area contributed by atoms with E-state index in [1.165, 1.54) is 4.90 Å². The quantitative estimate of drug-likeness (QED) is 0.918. The first-order valence-corrected chi connectivity index (χ1v) is 8.74. The lowest BCUT2D eigenvalue weighted by molar-refractivity contribution is -0.134. The van der Waals surface area contributed by atoms with Crippen molar-refractivity contribution in [1.29, 1.82) is 0 Å². The van der Waals surface area contributed by atoms with E-state index < -0.39 is 5.60 Å². The summed E-state index contributed by atoms with van der Waals surface area (Å²) in [4.78, 5) is 26.9. The lowest BCUT2D eigenvalue weighted by atomic mass is 10.0. The molecule has 0 radical (unpaired) electrons. The number of nitrogens with one attached hydrogen (secondary N) is 1. The standard InChI is InChI=1S/C21H24N2O3/c1-14-10-11-18-17(12-14)23(20(25)21(3,4)26-18)13-19(24)22-15(2)16-8-6-5-7-9-16/h5-12,15H,13H2,1-4H3,(H,22,24). The highest BCUT2D eigenvalue weighted by Crippen LogP contribution is 2.38. The van der Waals surface area contributed by atoms with Crippen LogP contribution in [0.5, 0.6) is 5.75 Å². The zero-order chi connectivity index (χ0) is 18.9. The highest BCUT2D eigenvalue weighted by molar-refractivity contribution is 6.05. The summed E-state index contributed by atoms with van der Waals surface area (Å²) < 4.78 is 5.83. The smallest absolute Gasteiger partial charge is 0.271 e. The van der Waals surface area contributed by atoms with E-state index >= 15 is 0 Å². The highest BCUT2D eigenvalue weighted by Gasteiger charge is 2.41. The molecule has 0 bridgehead atoms. The average Bonchev–Trinajstić information content (AvgIpc) is 2.60. The fraction of sp³-hybridized carbons (Fsp3) is 0.333. The maximum atomic E-state index is 12.8. The van der Waals surface area contributed by atoms with Crippen LogP contribution >= 0.6 is 0 Å². The molecule has 1 unspecified atom stereocenters. The Bertz CT molecular complexity index is 830. The van der Waals surface area contributed by atoms with Gasteiger partial charge in [-0.1, -0.05) is 36.4 Å². The Morgan fingerprint density at radius 2 is 1.88 bits per heavy atom. The van der Waals surface area contributed by atoms with Gasteiger partial charge in [0.15, 0.2) is 5.60 Å². The normalized spacial score (nSPS) is 16.5. The molecular weight excluding hydrogens is 328 g/mol. The third-order valence-electron chi connectivity index (χ3n) is 4.51. The minimum Gasteiger partial charge on any atom is -0.476 e. The third-order valence-corrected chi connectivity index (χ3v) is 4.51. The second-order valence-electron chi connectivity index (χ2n) is 7.17. The van der Waals surface area contributed by atoms with Crippen molar-refractivity contribution in [1.82, 2.24) is 5.32 Å². The first-order chi connectivity index (χ1) is 12.3. The van der Waals surface area contributed by atoms with Gasteiger partial charge in [0, 0.05) is 0 Å². The van der Waals surface area contributed by atoms with Gasteiger partial charge in [-0.15, -0.1) is 0 Å². The molecule has 1 atom stereocenters. The van der Waals surface area contributed by atoms with Crippen molar-refractivity contribution in [2.24, 2.45) is 0 Å². The van der Waals surface area contributed by atoms with Gasteiger partial charge in [-0.2, -0.15) is 0 Å². The van der Waals surface area contributed by atoms with E-state index in [0.29, 0.717) is 11.4 Å². The molecular formula is C21H24N2O3. The van der Waals surface area contributed by atoms with Crippen molar-refractivity contribution < 1.29 is 14.3 Å². The molecule has 0 fully saturated rings. The Morgan fingerprint density at radius 1 is 1.19 bits per heavy atom. The molecule has 26 heavy (non-hydrogen) atoms. The monoisotopic (exact) mass is 352 g/mol. The number of hydrogen-bond acceptors (Lipinski definition) is 3. The third kappa shape index (κ3) is 3.57. The first-order valence-electron chi connectivity index (χ1n) is 8.74. The highest BCUT2D eigenvalue weighted by atomic mass is 16.5. The number of aryl methyl sites for hydroxylation is 1. The van der Waals surface area contributed by atoms with Crippen LogP contribution in [0.15, 0.2) is 48.5 Å². The van der Waals surface area contributed by atoms with Gasteiger partial charge in [0.05, 0.1) is 11.7 Å². The van der Waals surface area contributed by atoms with E-state index in [-0.39, 0.29) is 24.4 Å². The van der Waals surface area contributed by atoms with Crippen LogP contribution in [-0.2, 0) is 9.59 Å². The summed E-state index contributed by atoms with van der Waals surface area (Å²) in [5.74, 6) is 0.182. The number of amides is 2. The molecule has 0 aromatic heterocycles. The second kappa shape index (κ2) is 6.83. The van der Waals surface area contributed by atoms with Gasteiger partial charge in [-0.05, 0) is 51.0 Å². The average molecular weight is 352 g/mol. The summed E-state index contributed by atoms with van der Waals surface area (Å²) in [5.41, 5.74) is 1.65. The number of hydrogen-bond donors (Lipinski definition) is 1. The number of nitrogens with zero attached hydrogens (tertiary/aromatic N) is 1. The van der Waals surface area contributed by atoms with Crippen LogP contribution in [0.25, 0.3) is 0 Å². The van der Waals surface area contributed by atoms with Gasteiger partial charge >= 0.3 is 0 Å². The van der Waals surface area contributed by atoms with Crippen LogP contribution in [0.1, 0.15) is 37.9 Å². The summed E-state index contributed by atoms with van der Waals surface area (Å²) in [6, 6.07) is 15.2. The largest absolute Gasteiger partial charge is 0.476 e. The van der Waals surface area contributed by atoms with Gasteiger partial charge in [0.2, 0.25) is 5.91 Å². The van der Waals surface area contributed by atoms with Gasteiger partial charge in [0.1, 0.15) is 12.3 Å². The van der Waals surface area contributed by atoms with Crippen LogP contribution in [0.2, 0.25) is 0 Å². The molecule has 1 N–H and O–H groups in total. The molecule has 1 heterocycles. The van der Waals surface area contributed by atoms with Crippen molar-refractivity contribution >= 4 is 17.5 Å². The Labute approximate surface area is 154 Å². The van der Waals surface area contributed by atoms with Crippen LogP contribution < -0.4 is 15.0 Å². The number of benzene rings is 2. The second-order valence-corrected chi connectivity index (χ2v) is 7.17. The minimum absolute atomic E-state index is 0.0424. The minimum atomic E-state index is -1.01. The van der Waals surface area contributed by atoms with Crippen molar-refractivity contribution in [2.45, 2.75) is 39.3 Å².